The van der Waals surface area contributed by atoms with Crippen molar-refractivity contribution < 1.29 is 4.42 Å². The number of hydrogen-bond acceptors (Lipinski definition) is 4. The molecule has 0 aliphatic carbocycles. The largest absolute Gasteiger partial charge is 0.465 e. The fourth-order valence-electron chi connectivity index (χ4n) is 4.13. The Morgan fingerprint density at radius 1 is 1.17 bits per heavy atom. The van der Waals surface area contributed by atoms with Gasteiger partial charge in [-0.05, 0) is 44.7 Å². The van der Waals surface area contributed by atoms with Crippen molar-refractivity contribution in [2.75, 3.05) is 19.6 Å². The first-order valence-corrected chi connectivity index (χ1v) is 8.68. The van der Waals surface area contributed by atoms with Crippen molar-refractivity contribution in [1.29, 1.82) is 0 Å². The van der Waals surface area contributed by atoms with Gasteiger partial charge in [-0.15, -0.1) is 0 Å². The second kappa shape index (κ2) is 6.13. The van der Waals surface area contributed by atoms with Gasteiger partial charge in [0.2, 0.25) is 0 Å². The molecular weight excluding hydrogens is 288 g/mol. The van der Waals surface area contributed by atoms with E-state index in [9.17, 15) is 0 Å². The smallest absolute Gasteiger partial charge is 0.118 e. The van der Waals surface area contributed by atoms with Crippen LogP contribution >= 0.6 is 0 Å². The number of nitrogens with zero attached hydrogens (tertiary/aromatic N) is 3. The van der Waals surface area contributed by atoms with Gasteiger partial charge in [0.1, 0.15) is 11.5 Å². The molecule has 5 rings (SSSR count). The second-order valence-corrected chi connectivity index (χ2v) is 7.21. The lowest BCUT2D eigenvalue weighted by Gasteiger charge is -2.35. The number of hydrogen-bond donors (Lipinski definition) is 1. The summed E-state index contributed by atoms with van der Waals surface area (Å²) in [7, 11) is 0. The van der Waals surface area contributed by atoms with Crippen molar-refractivity contribution in [3.63, 3.8) is 0 Å². The molecule has 3 aliphatic rings. The van der Waals surface area contributed by atoms with Crippen LogP contribution in [0.5, 0.6) is 0 Å². The van der Waals surface area contributed by atoms with E-state index in [0.29, 0.717) is 6.04 Å². The normalized spacial score (nSPS) is 25.8. The molecule has 0 saturated carbocycles. The molecule has 2 aromatic heterocycles. The predicted molar refractivity (Wildman–Crippen MR) is 89.0 cm³/mol. The number of fused-ring (bicyclic) bond motifs is 4. The van der Waals surface area contributed by atoms with Crippen molar-refractivity contribution >= 4 is 0 Å². The van der Waals surface area contributed by atoms with Gasteiger partial charge in [0, 0.05) is 37.9 Å². The molecule has 3 saturated heterocycles. The molecule has 2 aromatic rings. The minimum atomic E-state index is 0.637. The molecule has 23 heavy (non-hydrogen) atoms. The van der Waals surface area contributed by atoms with Gasteiger partial charge in [-0.25, -0.2) is 4.98 Å². The molecule has 5 heteroatoms. The molecule has 5 nitrogen and oxygen atoms in total. The number of furan rings is 1. The lowest BCUT2D eigenvalue weighted by molar-refractivity contribution is 0.114. The SMILES string of the molecule is Cc1ccc(CN2CC3CCC2CN(Cc2nc[nH]c2C)C3)o1. The van der Waals surface area contributed by atoms with E-state index in [2.05, 4.69) is 38.8 Å². The zero-order chi connectivity index (χ0) is 15.8. The first kappa shape index (κ1) is 15.0. The van der Waals surface area contributed by atoms with Crippen LogP contribution < -0.4 is 0 Å². The number of nitrogens with one attached hydrogen (secondary N) is 1. The molecule has 2 bridgehead atoms. The van der Waals surface area contributed by atoms with Crippen LogP contribution in [0.2, 0.25) is 0 Å². The Morgan fingerprint density at radius 2 is 2.09 bits per heavy atom. The minimum Gasteiger partial charge on any atom is -0.465 e. The van der Waals surface area contributed by atoms with E-state index in [4.69, 9.17) is 4.42 Å². The average molecular weight is 314 g/mol. The van der Waals surface area contributed by atoms with Crippen LogP contribution in [0.25, 0.3) is 0 Å². The summed E-state index contributed by atoms with van der Waals surface area (Å²) in [6.45, 7) is 9.58. The maximum Gasteiger partial charge on any atom is 0.118 e. The van der Waals surface area contributed by atoms with Crippen molar-refractivity contribution in [2.24, 2.45) is 5.92 Å². The molecule has 0 amide bonds. The van der Waals surface area contributed by atoms with Gasteiger partial charge < -0.3 is 9.40 Å². The molecule has 1 N–H and O–H groups in total. The molecule has 2 atom stereocenters. The summed E-state index contributed by atoms with van der Waals surface area (Å²) in [5.74, 6) is 2.88. The predicted octanol–water partition coefficient (Wildman–Crippen LogP) is 2.72. The Bertz CT molecular complexity index is 662. The van der Waals surface area contributed by atoms with Gasteiger partial charge in [-0.3, -0.25) is 9.80 Å². The lowest BCUT2D eigenvalue weighted by atomic mass is 9.95. The highest BCUT2D eigenvalue weighted by Crippen LogP contribution is 2.30. The van der Waals surface area contributed by atoms with Crippen molar-refractivity contribution in [1.82, 2.24) is 19.8 Å². The Labute approximate surface area is 137 Å². The summed E-state index contributed by atoms with van der Waals surface area (Å²) in [5, 5.41) is 0. The number of piperidine rings is 1. The van der Waals surface area contributed by atoms with Crippen molar-refractivity contribution in [3.8, 4) is 0 Å². The number of aromatic nitrogens is 2. The van der Waals surface area contributed by atoms with Crippen LogP contribution in [0.1, 0.15) is 35.7 Å². The summed E-state index contributed by atoms with van der Waals surface area (Å²) >= 11 is 0. The van der Waals surface area contributed by atoms with Gasteiger partial charge in [-0.2, -0.15) is 0 Å². The molecule has 0 spiro atoms. The van der Waals surface area contributed by atoms with Crippen molar-refractivity contribution in [2.45, 2.75) is 45.8 Å². The summed E-state index contributed by atoms with van der Waals surface area (Å²) in [5.41, 5.74) is 2.39. The van der Waals surface area contributed by atoms with Crippen molar-refractivity contribution in [3.05, 3.63) is 41.4 Å². The molecule has 0 aromatic carbocycles. The van der Waals surface area contributed by atoms with Gasteiger partial charge in [0.25, 0.3) is 0 Å². The molecule has 3 fully saturated rings. The van der Waals surface area contributed by atoms with E-state index >= 15 is 0 Å². The van der Waals surface area contributed by atoms with Crippen LogP contribution in [0.3, 0.4) is 0 Å². The second-order valence-electron chi connectivity index (χ2n) is 7.21. The summed E-state index contributed by atoms with van der Waals surface area (Å²) in [4.78, 5) is 12.9. The topological polar surface area (TPSA) is 48.3 Å². The zero-order valence-corrected chi connectivity index (χ0v) is 14.1. The van der Waals surface area contributed by atoms with Gasteiger partial charge in [-0.1, -0.05) is 0 Å². The summed E-state index contributed by atoms with van der Waals surface area (Å²) in [6.07, 6.45) is 4.47. The van der Waals surface area contributed by atoms with Crippen LogP contribution in [0, 0.1) is 19.8 Å². The van der Waals surface area contributed by atoms with Crippen LogP contribution in [0.15, 0.2) is 22.9 Å². The molecule has 2 unspecified atom stereocenters. The van der Waals surface area contributed by atoms with E-state index in [1.54, 1.807) is 0 Å². The molecule has 3 aliphatic heterocycles. The number of rotatable bonds is 4. The van der Waals surface area contributed by atoms with E-state index in [1.807, 2.05) is 13.3 Å². The Balaban J connectivity index is 1.45. The first-order chi connectivity index (χ1) is 11.2. The fourth-order valence-corrected chi connectivity index (χ4v) is 4.13. The average Bonchev–Trinajstić information content (AvgIpc) is 3.00. The van der Waals surface area contributed by atoms with Gasteiger partial charge >= 0.3 is 0 Å². The Morgan fingerprint density at radius 3 is 2.83 bits per heavy atom. The number of H-pyrrole nitrogens is 1. The Hall–Kier alpha value is -1.59. The zero-order valence-electron chi connectivity index (χ0n) is 14.1. The molecular formula is C18H26N4O. The van der Waals surface area contributed by atoms with E-state index in [1.165, 1.54) is 37.3 Å². The number of aromatic amines is 1. The minimum absolute atomic E-state index is 0.637. The van der Waals surface area contributed by atoms with E-state index < -0.39 is 0 Å². The van der Waals surface area contributed by atoms with E-state index in [-0.39, 0.29) is 0 Å². The highest BCUT2D eigenvalue weighted by Gasteiger charge is 2.35. The number of aryl methyl sites for hydroxylation is 2. The molecule has 124 valence electrons. The fraction of sp³-hybridized carbons (Fsp3) is 0.611. The third kappa shape index (κ3) is 3.21. The maximum atomic E-state index is 5.79. The highest BCUT2D eigenvalue weighted by atomic mass is 16.3. The number of imidazole rings is 1. The highest BCUT2D eigenvalue weighted by molar-refractivity contribution is 5.09. The molecule has 5 heterocycles. The maximum absolute atomic E-state index is 5.79. The monoisotopic (exact) mass is 314 g/mol. The first-order valence-electron chi connectivity index (χ1n) is 8.68. The third-order valence-corrected chi connectivity index (χ3v) is 5.37. The quantitative estimate of drug-likeness (QED) is 0.942. The summed E-state index contributed by atoms with van der Waals surface area (Å²) in [6, 6.07) is 4.83. The summed E-state index contributed by atoms with van der Waals surface area (Å²) < 4.78 is 5.79. The lowest BCUT2D eigenvalue weighted by Crippen LogP contribution is -2.43. The van der Waals surface area contributed by atoms with Crippen LogP contribution in [-0.4, -0.2) is 45.4 Å². The van der Waals surface area contributed by atoms with Crippen LogP contribution in [-0.2, 0) is 13.1 Å². The standard InChI is InChI=1S/C18H26N4O/c1-13-3-6-17(23-13)10-22-8-15-4-5-16(22)9-21(7-15)11-18-14(2)19-12-20-18/h3,6,12,15-16H,4-5,7-11H2,1-2H3,(H,19,20). The van der Waals surface area contributed by atoms with Gasteiger partial charge in [0.05, 0.1) is 18.6 Å². The van der Waals surface area contributed by atoms with E-state index in [0.717, 1.165) is 37.1 Å². The van der Waals surface area contributed by atoms with Crippen LogP contribution in [0.4, 0.5) is 0 Å². The molecule has 0 radical (unpaired) electrons. The van der Waals surface area contributed by atoms with Gasteiger partial charge in [0.15, 0.2) is 0 Å². The third-order valence-electron chi connectivity index (χ3n) is 5.37. The Kier molecular flexibility index (Phi) is 3.99.